The van der Waals surface area contributed by atoms with Crippen molar-refractivity contribution >= 4 is 11.8 Å². The lowest BCUT2D eigenvalue weighted by atomic mass is 9.95. The van der Waals surface area contributed by atoms with Crippen molar-refractivity contribution in [3.8, 4) is 22.6 Å². The lowest BCUT2D eigenvalue weighted by Gasteiger charge is -2.21. The second kappa shape index (κ2) is 7.37. The van der Waals surface area contributed by atoms with Crippen molar-refractivity contribution in [1.29, 1.82) is 0 Å². The molecule has 30 heavy (non-hydrogen) atoms. The minimum atomic E-state index is 0.936. The Kier molecular flexibility index (Phi) is 4.39. The lowest BCUT2D eigenvalue weighted by molar-refractivity contribution is 0.460. The van der Waals surface area contributed by atoms with Gasteiger partial charge in [-0.2, -0.15) is 0 Å². The van der Waals surface area contributed by atoms with Crippen molar-refractivity contribution < 1.29 is 4.74 Å². The van der Waals surface area contributed by atoms with E-state index in [1.807, 2.05) is 17.8 Å². The van der Waals surface area contributed by atoms with Crippen LogP contribution in [0.25, 0.3) is 11.1 Å². The van der Waals surface area contributed by atoms with Crippen LogP contribution in [0.5, 0.6) is 11.5 Å². The predicted octanol–water partition coefficient (Wildman–Crippen LogP) is 7.44. The molecular formula is C28H22OS. The SMILES string of the molecule is c1ccc2c(c1)CCc1ccc(-c3ccc4c(c3)Oc3ccccc3C4)cc1SC2. The van der Waals surface area contributed by atoms with Crippen LogP contribution in [0.2, 0.25) is 0 Å². The van der Waals surface area contributed by atoms with Gasteiger partial charge in [0, 0.05) is 17.1 Å². The smallest absolute Gasteiger partial charge is 0.131 e. The van der Waals surface area contributed by atoms with Crippen LogP contribution >= 0.6 is 11.8 Å². The molecule has 4 aromatic rings. The Hall–Kier alpha value is -2.97. The molecule has 0 amide bonds. The van der Waals surface area contributed by atoms with Gasteiger partial charge in [0.15, 0.2) is 0 Å². The summed E-state index contributed by atoms with van der Waals surface area (Å²) in [5.41, 5.74) is 9.43. The van der Waals surface area contributed by atoms with Gasteiger partial charge in [0.1, 0.15) is 11.5 Å². The molecule has 2 aliphatic rings. The highest BCUT2D eigenvalue weighted by atomic mass is 32.2. The Morgan fingerprint density at radius 3 is 2.13 bits per heavy atom. The Bertz CT molecular complexity index is 1260. The molecule has 0 saturated heterocycles. The first kappa shape index (κ1) is 17.9. The molecule has 0 N–H and O–H groups in total. The highest BCUT2D eigenvalue weighted by molar-refractivity contribution is 7.98. The summed E-state index contributed by atoms with van der Waals surface area (Å²) >= 11 is 1.96. The maximum absolute atomic E-state index is 6.22. The zero-order valence-corrected chi connectivity index (χ0v) is 17.5. The maximum atomic E-state index is 6.22. The van der Waals surface area contributed by atoms with E-state index in [2.05, 4.69) is 78.9 Å². The van der Waals surface area contributed by atoms with Gasteiger partial charge in [-0.05, 0) is 70.0 Å². The largest absolute Gasteiger partial charge is 0.457 e. The van der Waals surface area contributed by atoms with E-state index in [4.69, 9.17) is 4.74 Å². The quantitative estimate of drug-likeness (QED) is 0.286. The molecule has 0 bridgehead atoms. The van der Waals surface area contributed by atoms with Crippen LogP contribution in [0.4, 0.5) is 0 Å². The van der Waals surface area contributed by atoms with Crippen molar-refractivity contribution in [3.63, 3.8) is 0 Å². The topological polar surface area (TPSA) is 9.23 Å². The standard InChI is InChI=1S/C28H22OS/c1-2-7-25-18-30-28-17-22(12-11-20(28)10-9-19(25)5-1)21-13-14-24-15-23-6-3-4-8-26(23)29-27(24)16-21/h1-8,11-14,16-17H,9-10,15,18H2. The fourth-order valence-electron chi connectivity index (χ4n) is 4.49. The fraction of sp³-hybridized carbons (Fsp3) is 0.143. The van der Waals surface area contributed by atoms with Crippen molar-refractivity contribution in [3.05, 3.63) is 113 Å². The number of para-hydroxylation sites is 1. The van der Waals surface area contributed by atoms with Crippen LogP contribution in [0, 0.1) is 0 Å². The fourth-order valence-corrected chi connectivity index (χ4v) is 5.65. The van der Waals surface area contributed by atoms with Gasteiger partial charge in [0.2, 0.25) is 0 Å². The zero-order chi connectivity index (χ0) is 19.9. The third-order valence-electron chi connectivity index (χ3n) is 6.21. The van der Waals surface area contributed by atoms with Crippen molar-refractivity contribution in [1.82, 2.24) is 0 Å². The molecule has 2 heteroatoms. The minimum Gasteiger partial charge on any atom is -0.457 e. The highest BCUT2D eigenvalue weighted by Gasteiger charge is 2.18. The molecule has 1 nitrogen and oxygen atoms in total. The number of hydrogen-bond donors (Lipinski definition) is 0. The molecule has 0 atom stereocenters. The molecule has 0 fully saturated rings. The van der Waals surface area contributed by atoms with Crippen LogP contribution in [0.1, 0.15) is 27.8 Å². The number of aryl methyl sites for hydroxylation is 2. The van der Waals surface area contributed by atoms with E-state index >= 15 is 0 Å². The molecule has 6 rings (SSSR count). The van der Waals surface area contributed by atoms with Gasteiger partial charge < -0.3 is 4.74 Å². The summed E-state index contributed by atoms with van der Waals surface area (Å²) in [7, 11) is 0. The maximum Gasteiger partial charge on any atom is 0.131 e. The van der Waals surface area contributed by atoms with E-state index in [9.17, 15) is 0 Å². The Balaban J connectivity index is 1.32. The Labute approximate surface area is 181 Å². The van der Waals surface area contributed by atoms with Gasteiger partial charge in [0.05, 0.1) is 0 Å². The first-order valence-corrected chi connectivity index (χ1v) is 11.5. The number of rotatable bonds is 1. The first-order valence-electron chi connectivity index (χ1n) is 10.5. The summed E-state index contributed by atoms with van der Waals surface area (Å²) in [6, 6.07) is 30.8. The molecule has 146 valence electrons. The summed E-state index contributed by atoms with van der Waals surface area (Å²) in [4.78, 5) is 1.41. The van der Waals surface area contributed by atoms with Crippen LogP contribution in [-0.4, -0.2) is 0 Å². The Morgan fingerprint density at radius 2 is 1.23 bits per heavy atom. The lowest BCUT2D eigenvalue weighted by Crippen LogP contribution is -2.03. The molecule has 0 unspecified atom stereocenters. The van der Waals surface area contributed by atoms with Gasteiger partial charge >= 0.3 is 0 Å². The van der Waals surface area contributed by atoms with E-state index in [1.165, 1.54) is 43.8 Å². The minimum absolute atomic E-state index is 0.936. The molecule has 2 heterocycles. The normalized spacial score (nSPS) is 14.3. The number of thioether (sulfide) groups is 1. The molecule has 0 spiro atoms. The van der Waals surface area contributed by atoms with E-state index in [1.54, 1.807) is 0 Å². The van der Waals surface area contributed by atoms with E-state index in [0.29, 0.717) is 0 Å². The molecule has 2 aliphatic heterocycles. The number of hydrogen-bond acceptors (Lipinski definition) is 2. The van der Waals surface area contributed by atoms with Crippen molar-refractivity contribution in [2.24, 2.45) is 0 Å². The molecular weight excluding hydrogens is 384 g/mol. The van der Waals surface area contributed by atoms with E-state index in [0.717, 1.165) is 36.5 Å². The average molecular weight is 407 g/mol. The molecule has 0 aromatic heterocycles. The number of ether oxygens (including phenoxy) is 1. The van der Waals surface area contributed by atoms with Gasteiger partial charge in [-0.1, -0.05) is 66.7 Å². The van der Waals surface area contributed by atoms with E-state index < -0.39 is 0 Å². The monoisotopic (exact) mass is 406 g/mol. The van der Waals surface area contributed by atoms with Crippen molar-refractivity contribution in [2.45, 2.75) is 29.9 Å². The third kappa shape index (κ3) is 3.22. The number of benzene rings is 4. The van der Waals surface area contributed by atoms with Crippen molar-refractivity contribution in [2.75, 3.05) is 0 Å². The average Bonchev–Trinajstić information content (AvgIpc) is 2.79. The van der Waals surface area contributed by atoms with Crippen LogP contribution in [0.3, 0.4) is 0 Å². The summed E-state index contributed by atoms with van der Waals surface area (Å²) in [6.45, 7) is 0. The first-order chi connectivity index (χ1) is 14.8. The predicted molar refractivity (Wildman–Crippen MR) is 125 cm³/mol. The van der Waals surface area contributed by atoms with Gasteiger partial charge in [-0.15, -0.1) is 11.8 Å². The summed E-state index contributed by atoms with van der Waals surface area (Å²) in [5, 5.41) is 0. The van der Waals surface area contributed by atoms with Crippen LogP contribution in [-0.2, 0) is 25.0 Å². The van der Waals surface area contributed by atoms with Gasteiger partial charge in [0.25, 0.3) is 0 Å². The Morgan fingerprint density at radius 1 is 0.567 bits per heavy atom. The molecule has 0 radical (unpaired) electrons. The summed E-state index contributed by atoms with van der Waals surface area (Å²) in [6.07, 6.45) is 3.16. The van der Waals surface area contributed by atoms with Gasteiger partial charge in [-0.3, -0.25) is 0 Å². The summed E-state index contributed by atoms with van der Waals surface area (Å²) < 4.78 is 6.22. The van der Waals surface area contributed by atoms with E-state index in [-0.39, 0.29) is 0 Å². The molecule has 0 saturated carbocycles. The van der Waals surface area contributed by atoms with Crippen LogP contribution < -0.4 is 4.74 Å². The third-order valence-corrected chi connectivity index (χ3v) is 7.35. The van der Waals surface area contributed by atoms with Crippen LogP contribution in [0.15, 0.2) is 89.8 Å². The number of fused-ring (bicyclic) bond motifs is 4. The second-order valence-corrected chi connectivity index (χ2v) is 9.11. The highest BCUT2D eigenvalue weighted by Crippen LogP contribution is 2.40. The summed E-state index contributed by atoms with van der Waals surface area (Å²) in [5.74, 6) is 3.01. The zero-order valence-electron chi connectivity index (χ0n) is 16.7. The van der Waals surface area contributed by atoms with Gasteiger partial charge in [-0.25, -0.2) is 0 Å². The molecule has 0 aliphatic carbocycles. The molecule has 4 aromatic carbocycles. The second-order valence-electron chi connectivity index (χ2n) is 8.09.